The quantitative estimate of drug-likeness (QED) is 0.743. The van der Waals surface area contributed by atoms with Crippen LogP contribution in [0.4, 0.5) is 5.69 Å². The summed E-state index contributed by atoms with van der Waals surface area (Å²) in [6, 6.07) is 6.13. The maximum Gasteiger partial charge on any atom is 0.228 e. The van der Waals surface area contributed by atoms with Crippen molar-refractivity contribution in [3.8, 4) is 0 Å². The number of carbonyl (C=O) groups is 1. The van der Waals surface area contributed by atoms with E-state index in [0.29, 0.717) is 5.92 Å². The summed E-state index contributed by atoms with van der Waals surface area (Å²) < 4.78 is 0. The maximum absolute atomic E-state index is 11.8. The van der Waals surface area contributed by atoms with Crippen LogP contribution in [0.5, 0.6) is 0 Å². The van der Waals surface area contributed by atoms with E-state index >= 15 is 0 Å². The molecule has 2 nitrogen and oxygen atoms in total. The highest BCUT2D eigenvalue weighted by Gasteiger charge is 2.39. The molecular weight excluding hydrogens is 186 g/mol. The summed E-state index contributed by atoms with van der Waals surface area (Å²) in [4.78, 5) is 11.8. The summed E-state index contributed by atoms with van der Waals surface area (Å²) in [7, 11) is 0. The summed E-state index contributed by atoms with van der Waals surface area (Å²) in [6.07, 6.45) is 3.41. The average molecular weight is 201 g/mol. The minimum atomic E-state index is 0.232. The van der Waals surface area contributed by atoms with E-state index in [1.807, 2.05) is 12.1 Å². The van der Waals surface area contributed by atoms with Crippen LogP contribution < -0.4 is 5.32 Å². The lowest BCUT2D eigenvalue weighted by atomic mass is 9.87. The van der Waals surface area contributed by atoms with E-state index in [4.69, 9.17) is 0 Å². The van der Waals surface area contributed by atoms with E-state index in [9.17, 15) is 4.79 Å². The zero-order valence-electron chi connectivity index (χ0n) is 8.92. The van der Waals surface area contributed by atoms with Crippen LogP contribution in [-0.4, -0.2) is 5.91 Å². The Hall–Kier alpha value is -1.31. The van der Waals surface area contributed by atoms with Crippen LogP contribution in [0.15, 0.2) is 18.2 Å². The highest BCUT2D eigenvalue weighted by Crippen LogP contribution is 2.42. The molecule has 15 heavy (non-hydrogen) atoms. The standard InChI is InChI=1S/C13H15NO/c1-8-3-2-4-12-10(8)7-11(9-5-6-9)13(15)14-12/h2-4,9,11H,5-7H2,1H3,(H,14,15). The molecule has 1 atom stereocenters. The summed E-state index contributed by atoms with van der Waals surface area (Å²) in [6.45, 7) is 2.13. The van der Waals surface area contributed by atoms with Crippen LogP contribution in [0.3, 0.4) is 0 Å². The molecule has 0 radical (unpaired) electrons. The third kappa shape index (κ3) is 1.44. The number of nitrogens with one attached hydrogen (secondary N) is 1. The normalized spacial score (nSPS) is 24.6. The molecule has 0 aromatic heterocycles. The summed E-state index contributed by atoms with van der Waals surface area (Å²) >= 11 is 0. The van der Waals surface area contributed by atoms with Crippen molar-refractivity contribution in [1.29, 1.82) is 0 Å². The SMILES string of the molecule is Cc1cccc2c1CC(C1CC1)C(=O)N2. The average Bonchev–Trinajstić information content (AvgIpc) is 3.01. The highest BCUT2D eigenvalue weighted by atomic mass is 16.2. The fourth-order valence-electron chi connectivity index (χ4n) is 2.51. The third-order valence-corrected chi connectivity index (χ3v) is 3.62. The topological polar surface area (TPSA) is 29.1 Å². The number of hydrogen-bond donors (Lipinski definition) is 1. The number of hydrogen-bond acceptors (Lipinski definition) is 1. The van der Waals surface area contributed by atoms with Gasteiger partial charge in [-0.25, -0.2) is 0 Å². The van der Waals surface area contributed by atoms with Gasteiger partial charge in [-0.2, -0.15) is 0 Å². The van der Waals surface area contributed by atoms with E-state index in [0.717, 1.165) is 12.1 Å². The lowest BCUT2D eigenvalue weighted by molar-refractivity contribution is -0.120. The lowest BCUT2D eigenvalue weighted by Crippen LogP contribution is -2.31. The van der Waals surface area contributed by atoms with Crippen molar-refractivity contribution in [3.63, 3.8) is 0 Å². The second-order valence-corrected chi connectivity index (χ2v) is 4.74. The van der Waals surface area contributed by atoms with Crippen molar-refractivity contribution in [2.45, 2.75) is 26.2 Å². The predicted molar refractivity (Wildman–Crippen MR) is 59.7 cm³/mol. The van der Waals surface area contributed by atoms with Crippen LogP contribution >= 0.6 is 0 Å². The van der Waals surface area contributed by atoms with Crippen molar-refractivity contribution >= 4 is 11.6 Å². The van der Waals surface area contributed by atoms with Gasteiger partial charge in [-0.3, -0.25) is 4.79 Å². The van der Waals surface area contributed by atoms with E-state index in [2.05, 4.69) is 18.3 Å². The van der Waals surface area contributed by atoms with Gasteiger partial charge in [0.2, 0.25) is 5.91 Å². The Balaban J connectivity index is 1.99. The number of anilines is 1. The maximum atomic E-state index is 11.8. The van der Waals surface area contributed by atoms with E-state index in [-0.39, 0.29) is 11.8 Å². The highest BCUT2D eigenvalue weighted by molar-refractivity contribution is 5.96. The first kappa shape index (κ1) is 8.96. The number of benzene rings is 1. The Kier molecular flexibility index (Phi) is 1.84. The number of amides is 1. The van der Waals surface area contributed by atoms with Crippen LogP contribution in [0, 0.1) is 18.8 Å². The fraction of sp³-hybridized carbons (Fsp3) is 0.462. The van der Waals surface area contributed by atoms with Crippen molar-refractivity contribution in [1.82, 2.24) is 0 Å². The molecule has 2 aliphatic rings. The Morgan fingerprint density at radius 1 is 1.33 bits per heavy atom. The lowest BCUT2D eigenvalue weighted by Gasteiger charge is -2.25. The molecule has 1 aromatic carbocycles. The van der Waals surface area contributed by atoms with Crippen molar-refractivity contribution in [2.24, 2.45) is 11.8 Å². The van der Waals surface area contributed by atoms with E-state index in [1.54, 1.807) is 0 Å². The molecule has 2 heteroatoms. The van der Waals surface area contributed by atoms with Crippen LogP contribution in [-0.2, 0) is 11.2 Å². The Morgan fingerprint density at radius 2 is 2.13 bits per heavy atom. The molecule has 1 heterocycles. The molecule has 1 aromatic rings. The van der Waals surface area contributed by atoms with Gasteiger partial charge in [-0.15, -0.1) is 0 Å². The largest absolute Gasteiger partial charge is 0.326 e. The van der Waals surface area contributed by atoms with Gasteiger partial charge >= 0.3 is 0 Å². The van der Waals surface area contributed by atoms with Crippen molar-refractivity contribution in [3.05, 3.63) is 29.3 Å². The monoisotopic (exact) mass is 201 g/mol. The smallest absolute Gasteiger partial charge is 0.228 e. The second kappa shape index (κ2) is 3.09. The second-order valence-electron chi connectivity index (χ2n) is 4.74. The molecule has 1 unspecified atom stereocenters. The number of fused-ring (bicyclic) bond motifs is 1. The number of aryl methyl sites for hydroxylation is 1. The first-order valence-electron chi connectivity index (χ1n) is 5.65. The van der Waals surface area contributed by atoms with Crippen LogP contribution in [0.2, 0.25) is 0 Å². The Bertz CT molecular complexity index is 421. The molecular formula is C13H15NO. The molecule has 1 N–H and O–H groups in total. The number of rotatable bonds is 1. The summed E-state index contributed by atoms with van der Waals surface area (Å²) in [5, 5.41) is 3.03. The van der Waals surface area contributed by atoms with Crippen molar-refractivity contribution in [2.75, 3.05) is 5.32 Å². The Labute approximate surface area is 89.7 Å². The van der Waals surface area contributed by atoms with E-state index in [1.165, 1.54) is 24.0 Å². The predicted octanol–water partition coefficient (Wildman–Crippen LogP) is 2.52. The molecule has 1 aliphatic heterocycles. The van der Waals surface area contributed by atoms with Crippen LogP contribution in [0.1, 0.15) is 24.0 Å². The van der Waals surface area contributed by atoms with E-state index < -0.39 is 0 Å². The molecule has 0 bridgehead atoms. The first-order chi connectivity index (χ1) is 7.25. The molecule has 1 fully saturated rings. The van der Waals surface area contributed by atoms with Gasteiger partial charge < -0.3 is 5.32 Å². The van der Waals surface area contributed by atoms with Gasteiger partial charge in [0.15, 0.2) is 0 Å². The molecule has 78 valence electrons. The molecule has 0 spiro atoms. The minimum Gasteiger partial charge on any atom is -0.326 e. The molecule has 1 saturated carbocycles. The molecule has 1 amide bonds. The third-order valence-electron chi connectivity index (χ3n) is 3.62. The van der Waals surface area contributed by atoms with Gasteiger partial charge in [0.05, 0.1) is 0 Å². The zero-order valence-corrected chi connectivity index (χ0v) is 8.92. The van der Waals surface area contributed by atoms with Gasteiger partial charge in [0.1, 0.15) is 0 Å². The van der Waals surface area contributed by atoms with Gasteiger partial charge in [-0.05, 0) is 49.3 Å². The minimum absolute atomic E-state index is 0.232. The molecule has 0 saturated heterocycles. The number of carbonyl (C=O) groups excluding carboxylic acids is 1. The molecule has 1 aliphatic carbocycles. The summed E-state index contributed by atoms with van der Waals surface area (Å²) in [5.41, 5.74) is 3.67. The molecule has 3 rings (SSSR count). The van der Waals surface area contributed by atoms with Gasteiger partial charge in [-0.1, -0.05) is 12.1 Å². The zero-order chi connectivity index (χ0) is 10.4. The first-order valence-corrected chi connectivity index (χ1v) is 5.65. The van der Waals surface area contributed by atoms with Gasteiger partial charge in [0, 0.05) is 11.6 Å². The van der Waals surface area contributed by atoms with Gasteiger partial charge in [0.25, 0.3) is 0 Å². The Morgan fingerprint density at radius 3 is 2.87 bits per heavy atom. The van der Waals surface area contributed by atoms with Crippen molar-refractivity contribution < 1.29 is 4.79 Å². The fourth-order valence-corrected chi connectivity index (χ4v) is 2.51. The summed E-state index contributed by atoms with van der Waals surface area (Å²) in [5.74, 6) is 1.12. The van der Waals surface area contributed by atoms with Crippen LogP contribution in [0.25, 0.3) is 0 Å².